The van der Waals surface area contributed by atoms with Crippen molar-refractivity contribution in [2.45, 2.75) is 53.0 Å². The molecule has 1 N–H and O–H groups in total. The van der Waals surface area contributed by atoms with Gasteiger partial charge in [0.1, 0.15) is 5.75 Å². The molecule has 1 aromatic carbocycles. The number of allylic oxidation sites excluding steroid dienone is 1. The molecule has 0 aliphatic carbocycles. The molecule has 112 valence electrons. The van der Waals surface area contributed by atoms with Gasteiger partial charge in [-0.15, -0.1) is 6.58 Å². The summed E-state index contributed by atoms with van der Waals surface area (Å²) in [6.45, 7) is 17.5. The van der Waals surface area contributed by atoms with Crippen molar-refractivity contribution in [2.24, 2.45) is 0 Å². The van der Waals surface area contributed by atoms with Gasteiger partial charge in [0.25, 0.3) is 0 Å². The summed E-state index contributed by atoms with van der Waals surface area (Å²) in [5, 5.41) is 10.5. The normalized spacial score (nSPS) is 11.9. The van der Waals surface area contributed by atoms with Crippen LogP contribution in [0.25, 0.3) is 0 Å². The van der Waals surface area contributed by atoms with Crippen molar-refractivity contribution < 1.29 is 5.11 Å². The summed E-state index contributed by atoms with van der Waals surface area (Å²) >= 11 is 0. The Labute approximate surface area is 124 Å². The van der Waals surface area contributed by atoms with Gasteiger partial charge >= 0.3 is 0 Å². The van der Waals surface area contributed by atoms with Crippen LogP contribution >= 0.6 is 0 Å². The highest BCUT2D eigenvalue weighted by atomic mass is 16.3. The third-order valence-corrected chi connectivity index (χ3v) is 3.79. The third-order valence-electron chi connectivity index (χ3n) is 3.79. The van der Waals surface area contributed by atoms with Crippen molar-refractivity contribution >= 4 is 0 Å². The van der Waals surface area contributed by atoms with Crippen molar-refractivity contribution in [3.63, 3.8) is 0 Å². The zero-order valence-electron chi connectivity index (χ0n) is 13.7. The van der Waals surface area contributed by atoms with Crippen molar-refractivity contribution in [3.8, 4) is 5.75 Å². The van der Waals surface area contributed by atoms with Crippen LogP contribution in [0.1, 0.15) is 51.3 Å². The Morgan fingerprint density at radius 1 is 1.15 bits per heavy atom. The van der Waals surface area contributed by atoms with Gasteiger partial charge in [-0.05, 0) is 36.1 Å². The molecule has 0 atom stereocenters. The quantitative estimate of drug-likeness (QED) is 0.784. The van der Waals surface area contributed by atoms with Crippen LogP contribution in [0.2, 0.25) is 0 Å². The second-order valence-electron chi connectivity index (χ2n) is 6.35. The van der Waals surface area contributed by atoms with Crippen LogP contribution < -0.4 is 0 Å². The summed E-state index contributed by atoms with van der Waals surface area (Å²) in [6, 6.07) is 4.27. The van der Waals surface area contributed by atoms with E-state index in [0.29, 0.717) is 12.2 Å². The van der Waals surface area contributed by atoms with Gasteiger partial charge in [0.15, 0.2) is 0 Å². The number of aromatic hydroxyl groups is 1. The van der Waals surface area contributed by atoms with E-state index in [-0.39, 0.29) is 5.41 Å². The number of phenolic OH excluding ortho intramolecular Hbond substituents is 1. The van der Waals surface area contributed by atoms with E-state index in [1.54, 1.807) is 0 Å². The van der Waals surface area contributed by atoms with Crippen LogP contribution in [0.15, 0.2) is 24.8 Å². The molecule has 0 bridgehead atoms. The molecule has 20 heavy (non-hydrogen) atoms. The highest BCUT2D eigenvalue weighted by molar-refractivity contribution is 5.46. The maximum atomic E-state index is 10.5. The molecule has 2 nitrogen and oxygen atoms in total. The van der Waals surface area contributed by atoms with Gasteiger partial charge in [0.2, 0.25) is 0 Å². The van der Waals surface area contributed by atoms with E-state index in [0.717, 1.165) is 30.8 Å². The first kappa shape index (κ1) is 16.8. The van der Waals surface area contributed by atoms with Gasteiger partial charge in [-0.2, -0.15) is 0 Å². The fourth-order valence-corrected chi connectivity index (χ4v) is 2.31. The fourth-order valence-electron chi connectivity index (χ4n) is 2.31. The number of nitrogens with zero attached hydrogens (tertiary/aromatic N) is 1. The van der Waals surface area contributed by atoms with Crippen molar-refractivity contribution in [2.75, 3.05) is 13.1 Å². The van der Waals surface area contributed by atoms with E-state index in [4.69, 9.17) is 0 Å². The van der Waals surface area contributed by atoms with Crippen LogP contribution in [-0.4, -0.2) is 23.1 Å². The zero-order valence-corrected chi connectivity index (χ0v) is 13.7. The fraction of sp³-hybridized carbons (Fsp3) is 0.556. The predicted molar refractivity (Wildman–Crippen MR) is 87.3 cm³/mol. The SMILES string of the molecule is C=CCc1cc(C(C)(C)C)cc(CN(CC)CC)c1O. The maximum absolute atomic E-state index is 10.5. The van der Waals surface area contributed by atoms with Crippen molar-refractivity contribution in [1.82, 2.24) is 4.90 Å². The maximum Gasteiger partial charge on any atom is 0.123 e. The number of benzene rings is 1. The van der Waals surface area contributed by atoms with E-state index in [1.165, 1.54) is 5.56 Å². The lowest BCUT2D eigenvalue weighted by atomic mass is 9.84. The largest absolute Gasteiger partial charge is 0.507 e. The Kier molecular flexibility index (Phi) is 5.82. The van der Waals surface area contributed by atoms with Gasteiger partial charge in [-0.3, -0.25) is 4.90 Å². The summed E-state index contributed by atoms with van der Waals surface area (Å²) in [5.74, 6) is 0.435. The predicted octanol–water partition coefficient (Wildman–Crippen LogP) is 4.26. The lowest BCUT2D eigenvalue weighted by molar-refractivity contribution is 0.290. The Balaban J connectivity index is 3.26. The zero-order chi connectivity index (χ0) is 15.3. The van der Waals surface area contributed by atoms with Crippen LogP contribution in [0.3, 0.4) is 0 Å². The number of hydrogen-bond donors (Lipinski definition) is 1. The molecule has 0 aromatic heterocycles. The molecule has 0 saturated heterocycles. The molecule has 1 aromatic rings. The van der Waals surface area contributed by atoms with Crippen LogP contribution in [-0.2, 0) is 18.4 Å². The molecule has 0 aliphatic rings. The average Bonchev–Trinajstić information content (AvgIpc) is 2.38. The molecule has 0 spiro atoms. The molecular weight excluding hydrogens is 246 g/mol. The van der Waals surface area contributed by atoms with Crippen LogP contribution in [0.5, 0.6) is 5.75 Å². The van der Waals surface area contributed by atoms with Crippen LogP contribution in [0.4, 0.5) is 0 Å². The average molecular weight is 275 g/mol. The minimum absolute atomic E-state index is 0.0849. The number of phenols is 1. The molecule has 1 rings (SSSR count). The molecule has 0 saturated carbocycles. The lowest BCUT2D eigenvalue weighted by Gasteiger charge is -2.25. The van der Waals surface area contributed by atoms with Gasteiger partial charge in [-0.1, -0.05) is 52.8 Å². The van der Waals surface area contributed by atoms with E-state index < -0.39 is 0 Å². The van der Waals surface area contributed by atoms with Crippen LogP contribution in [0, 0.1) is 0 Å². The highest BCUT2D eigenvalue weighted by Gasteiger charge is 2.19. The topological polar surface area (TPSA) is 23.5 Å². The Morgan fingerprint density at radius 3 is 2.15 bits per heavy atom. The first-order valence-electron chi connectivity index (χ1n) is 7.51. The first-order valence-corrected chi connectivity index (χ1v) is 7.51. The second-order valence-corrected chi connectivity index (χ2v) is 6.35. The van der Waals surface area contributed by atoms with Gasteiger partial charge in [0, 0.05) is 12.1 Å². The van der Waals surface area contributed by atoms with E-state index in [2.05, 4.69) is 58.2 Å². The van der Waals surface area contributed by atoms with Gasteiger partial charge in [0.05, 0.1) is 0 Å². The lowest BCUT2D eigenvalue weighted by Crippen LogP contribution is -2.23. The summed E-state index contributed by atoms with van der Waals surface area (Å²) in [4.78, 5) is 2.32. The number of hydrogen-bond acceptors (Lipinski definition) is 2. The summed E-state index contributed by atoms with van der Waals surface area (Å²) in [6.07, 6.45) is 2.56. The molecule has 0 aliphatic heterocycles. The van der Waals surface area contributed by atoms with Crippen molar-refractivity contribution in [1.29, 1.82) is 0 Å². The molecule has 2 heteroatoms. The standard InChI is InChI=1S/C18H29NO/c1-7-10-14-11-16(18(4,5)6)12-15(17(14)20)13-19(8-2)9-3/h7,11-12,20H,1,8-10,13H2,2-6H3. The molecule has 0 heterocycles. The van der Waals surface area contributed by atoms with Crippen molar-refractivity contribution in [3.05, 3.63) is 41.5 Å². The van der Waals surface area contributed by atoms with E-state index in [1.807, 2.05) is 6.08 Å². The summed E-state index contributed by atoms with van der Waals surface area (Å²) < 4.78 is 0. The third kappa shape index (κ3) is 4.11. The van der Waals surface area contributed by atoms with Gasteiger partial charge < -0.3 is 5.11 Å². The van der Waals surface area contributed by atoms with E-state index in [9.17, 15) is 5.11 Å². The van der Waals surface area contributed by atoms with Gasteiger partial charge in [-0.25, -0.2) is 0 Å². The molecule has 0 fully saturated rings. The minimum atomic E-state index is 0.0849. The Bertz CT molecular complexity index is 453. The summed E-state index contributed by atoms with van der Waals surface area (Å²) in [7, 11) is 0. The van der Waals surface area contributed by atoms with E-state index >= 15 is 0 Å². The molecule has 0 radical (unpaired) electrons. The Morgan fingerprint density at radius 2 is 1.70 bits per heavy atom. The molecule has 0 unspecified atom stereocenters. The second kappa shape index (κ2) is 6.94. The first-order chi connectivity index (χ1) is 9.33. The monoisotopic (exact) mass is 275 g/mol. The minimum Gasteiger partial charge on any atom is -0.507 e. The molecular formula is C18H29NO. The highest BCUT2D eigenvalue weighted by Crippen LogP contribution is 2.32. The Hall–Kier alpha value is -1.28. The molecule has 0 amide bonds. The summed E-state index contributed by atoms with van der Waals surface area (Å²) in [5.41, 5.74) is 3.36. The number of rotatable bonds is 6. The smallest absolute Gasteiger partial charge is 0.123 e.